The Balaban J connectivity index is 1.28. The predicted molar refractivity (Wildman–Crippen MR) is 164 cm³/mol. The van der Waals surface area contributed by atoms with E-state index in [1.54, 1.807) is 35.2 Å². The first-order valence-corrected chi connectivity index (χ1v) is 14.8. The van der Waals surface area contributed by atoms with Crippen molar-refractivity contribution in [3.63, 3.8) is 0 Å². The topological polar surface area (TPSA) is 87.7 Å². The van der Waals surface area contributed by atoms with E-state index in [0.717, 1.165) is 16.3 Å². The number of benzene rings is 5. The summed E-state index contributed by atoms with van der Waals surface area (Å²) in [5.74, 6) is 1.36. The van der Waals surface area contributed by atoms with Crippen LogP contribution in [0.1, 0.15) is 12.0 Å². The van der Waals surface area contributed by atoms with Gasteiger partial charge in [0.2, 0.25) is 10.0 Å². The highest BCUT2D eigenvalue weighted by atomic mass is 32.2. The number of hydrogen-bond acceptors (Lipinski definition) is 4. The van der Waals surface area contributed by atoms with Gasteiger partial charge in [-0.3, -0.25) is 4.90 Å². The highest BCUT2D eigenvalue weighted by molar-refractivity contribution is 7.89. The summed E-state index contributed by atoms with van der Waals surface area (Å²) in [4.78, 5) is 15.2. The van der Waals surface area contributed by atoms with Gasteiger partial charge in [0.05, 0.1) is 4.90 Å². The van der Waals surface area contributed by atoms with Crippen LogP contribution in [0.15, 0.2) is 126 Å². The fourth-order valence-corrected chi connectivity index (χ4v) is 5.53. The maximum Gasteiger partial charge on any atom is 0.326 e. The maximum absolute atomic E-state index is 13.4. The van der Waals surface area contributed by atoms with E-state index in [0.29, 0.717) is 29.3 Å². The van der Waals surface area contributed by atoms with E-state index in [1.807, 2.05) is 97.9 Å². The molecular weight excluding hydrogens is 534 g/mol. The minimum Gasteiger partial charge on any atom is -0.457 e. The molecule has 0 radical (unpaired) electrons. The smallest absolute Gasteiger partial charge is 0.326 e. The average Bonchev–Trinajstić information content (AvgIpc) is 2.99. The zero-order valence-corrected chi connectivity index (χ0v) is 23.5. The largest absolute Gasteiger partial charge is 0.457 e. The first-order chi connectivity index (χ1) is 19.9. The first-order valence-electron chi connectivity index (χ1n) is 13.3. The second-order valence-corrected chi connectivity index (χ2v) is 11.3. The molecule has 0 atom stereocenters. The number of para-hydroxylation sites is 2. The SMILES string of the molecule is Cc1ccccc1NC(=O)N(CCCNS(=O)(=O)c1ccc2ccccc2c1)c1ccc(Oc2ccccc2)cc1. The normalized spacial score (nSPS) is 11.2. The van der Waals surface area contributed by atoms with Crippen molar-refractivity contribution in [1.82, 2.24) is 4.72 Å². The molecule has 0 unspecified atom stereocenters. The molecule has 7 nitrogen and oxygen atoms in total. The Kier molecular flexibility index (Phi) is 8.62. The van der Waals surface area contributed by atoms with Crippen LogP contribution in [-0.2, 0) is 10.0 Å². The summed E-state index contributed by atoms with van der Waals surface area (Å²) >= 11 is 0. The fraction of sp³-hybridized carbons (Fsp3) is 0.121. The molecule has 8 heteroatoms. The molecule has 2 N–H and O–H groups in total. The van der Waals surface area contributed by atoms with Crippen LogP contribution in [0.2, 0.25) is 0 Å². The van der Waals surface area contributed by atoms with Gasteiger partial charge in [-0.1, -0.05) is 66.7 Å². The standard InChI is InChI=1S/C33H31N3O4S/c1-25-10-5-8-15-32(25)35-33(37)36(28-17-19-30(20-18-28)40-29-13-3-2-4-14-29)23-9-22-34-41(38,39)31-21-16-26-11-6-7-12-27(26)24-31/h2-8,10-21,24,34H,9,22-23H2,1H3,(H,35,37). The summed E-state index contributed by atoms with van der Waals surface area (Å²) in [5.41, 5.74) is 2.31. The molecule has 0 saturated heterocycles. The molecule has 0 aromatic heterocycles. The van der Waals surface area contributed by atoms with Crippen LogP contribution in [0.4, 0.5) is 16.2 Å². The number of hydrogen-bond donors (Lipinski definition) is 2. The fourth-order valence-electron chi connectivity index (χ4n) is 4.42. The molecule has 41 heavy (non-hydrogen) atoms. The third-order valence-corrected chi connectivity index (χ3v) is 8.10. The van der Waals surface area contributed by atoms with Crippen molar-refractivity contribution in [1.29, 1.82) is 0 Å². The van der Waals surface area contributed by atoms with Gasteiger partial charge in [-0.05, 0) is 84.3 Å². The van der Waals surface area contributed by atoms with Crippen LogP contribution >= 0.6 is 0 Å². The van der Waals surface area contributed by atoms with Gasteiger partial charge in [-0.15, -0.1) is 0 Å². The third-order valence-electron chi connectivity index (χ3n) is 6.64. The van der Waals surface area contributed by atoms with Crippen molar-refractivity contribution in [3.8, 4) is 11.5 Å². The Morgan fingerprint density at radius 2 is 1.41 bits per heavy atom. The van der Waals surface area contributed by atoms with Crippen LogP contribution in [0.5, 0.6) is 11.5 Å². The van der Waals surface area contributed by atoms with Crippen LogP contribution in [-0.4, -0.2) is 27.5 Å². The lowest BCUT2D eigenvalue weighted by molar-refractivity contribution is 0.257. The van der Waals surface area contributed by atoms with Crippen molar-refractivity contribution in [2.75, 3.05) is 23.3 Å². The van der Waals surface area contributed by atoms with Crippen LogP contribution < -0.4 is 19.7 Å². The van der Waals surface area contributed by atoms with Gasteiger partial charge in [-0.2, -0.15) is 0 Å². The Bertz CT molecular complexity index is 1740. The summed E-state index contributed by atoms with van der Waals surface area (Å²) in [6, 6.07) is 36.6. The molecule has 0 aliphatic rings. The Morgan fingerprint density at radius 3 is 2.17 bits per heavy atom. The van der Waals surface area contributed by atoms with E-state index in [-0.39, 0.29) is 24.0 Å². The van der Waals surface area contributed by atoms with Crippen molar-refractivity contribution < 1.29 is 17.9 Å². The number of ether oxygens (including phenoxy) is 1. The van der Waals surface area contributed by atoms with Crippen LogP contribution in [0.3, 0.4) is 0 Å². The van der Waals surface area contributed by atoms with Crippen LogP contribution in [0, 0.1) is 6.92 Å². The Labute approximate surface area is 240 Å². The molecule has 2 amide bonds. The van der Waals surface area contributed by atoms with Gasteiger partial charge in [0.15, 0.2) is 0 Å². The Morgan fingerprint density at radius 1 is 0.756 bits per heavy atom. The van der Waals surface area contributed by atoms with Gasteiger partial charge in [-0.25, -0.2) is 17.9 Å². The number of urea groups is 1. The quantitative estimate of drug-likeness (QED) is 0.173. The van der Waals surface area contributed by atoms with E-state index < -0.39 is 10.0 Å². The lowest BCUT2D eigenvalue weighted by Crippen LogP contribution is -2.37. The third kappa shape index (κ3) is 7.11. The molecule has 5 aromatic rings. The average molecular weight is 566 g/mol. The molecule has 0 saturated carbocycles. The lowest BCUT2D eigenvalue weighted by atomic mass is 10.1. The van der Waals surface area contributed by atoms with Crippen molar-refractivity contribution in [2.24, 2.45) is 0 Å². The van der Waals surface area contributed by atoms with Crippen molar-refractivity contribution in [2.45, 2.75) is 18.2 Å². The molecule has 0 aliphatic heterocycles. The summed E-state index contributed by atoms with van der Waals surface area (Å²) in [5, 5.41) is 4.81. The first kappa shape index (κ1) is 27.9. The second-order valence-electron chi connectivity index (χ2n) is 9.57. The molecule has 5 rings (SSSR count). The van der Waals surface area contributed by atoms with E-state index in [1.165, 1.54) is 0 Å². The number of carbonyl (C=O) groups is 1. The number of amides is 2. The number of aryl methyl sites for hydroxylation is 1. The monoisotopic (exact) mass is 565 g/mol. The second kappa shape index (κ2) is 12.7. The molecule has 5 aromatic carbocycles. The summed E-state index contributed by atoms with van der Waals surface area (Å²) in [7, 11) is -3.71. The molecule has 0 fully saturated rings. The number of nitrogens with zero attached hydrogens (tertiary/aromatic N) is 1. The molecule has 0 bridgehead atoms. The van der Waals surface area contributed by atoms with Gasteiger partial charge in [0.25, 0.3) is 0 Å². The number of sulfonamides is 1. The maximum atomic E-state index is 13.4. The number of fused-ring (bicyclic) bond motifs is 1. The summed E-state index contributed by atoms with van der Waals surface area (Å²) in [6.45, 7) is 2.38. The zero-order valence-electron chi connectivity index (χ0n) is 22.7. The van der Waals surface area contributed by atoms with Gasteiger partial charge >= 0.3 is 6.03 Å². The summed E-state index contributed by atoms with van der Waals surface area (Å²) in [6.07, 6.45) is 0.399. The lowest BCUT2D eigenvalue weighted by Gasteiger charge is -2.24. The number of rotatable bonds is 10. The van der Waals surface area contributed by atoms with Crippen molar-refractivity contribution in [3.05, 3.63) is 127 Å². The molecule has 208 valence electrons. The van der Waals surface area contributed by atoms with Gasteiger partial charge < -0.3 is 10.1 Å². The molecule has 0 heterocycles. The molecular formula is C33H31N3O4S. The van der Waals surface area contributed by atoms with E-state index in [4.69, 9.17) is 4.74 Å². The van der Waals surface area contributed by atoms with E-state index in [9.17, 15) is 13.2 Å². The van der Waals surface area contributed by atoms with Crippen molar-refractivity contribution >= 4 is 38.2 Å². The number of carbonyl (C=O) groups excluding carboxylic acids is 1. The van der Waals surface area contributed by atoms with E-state index in [2.05, 4.69) is 10.0 Å². The highest BCUT2D eigenvalue weighted by Gasteiger charge is 2.18. The minimum absolute atomic E-state index is 0.165. The highest BCUT2D eigenvalue weighted by Crippen LogP contribution is 2.26. The number of anilines is 2. The Hall–Kier alpha value is -4.66. The predicted octanol–water partition coefficient (Wildman–Crippen LogP) is 7.35. The van der Waals surface area contributed by atoms with Gasteiger partial charge in [0.1, 0.15) is 11.5 Å². The minimum atomic E-state index is -3.71. The number of nitrogens with one attached hydrogen (secondary N) is 2. The van der Waals surface area contributed by atoms with Crippen LogP contribution in [0.25, 0.3) is 10.8 Å². The zero-order chi connectivity index (χ0) is 28.7. The molecule has 0 aliphatic carbocycles. The van der Waals surface area contributed by atoms with Gasteiger partial charge in [0, 0.05) is 24.5 Å². The van der Waals surface area contributed by atoms with E-state index >= 15 is 0 Å². The summed E-state index contributed by atoms with van der Waals surface area (Å²) < 4.78 is 34.5. The molecule has 0 spiro atoms.